The van der Waals surface area contributed by atoms with E-state index in [0.29, 0.717) is 0 Å². The quantitative estimate of drug-likeness (QED) is 0.129. The van der Waals surface area contributed by atoms with Crippen molar-refractivity contribution in [2.45, 2.75) is 71.6 Å². The first kappa shape index (κ1) is 31.7. The van der Waals surface area contributed by atoms with Gasteiger partial charge in [-0.25, -0.2) is 0 Å². The Labute approximate surface area is 265 Å². The first-order valence-corrected chi connectivity index (χ1v) is 16.9. The molecular weight excluding hydrogens is 536 g/mol. The monoisotopic (exact) mass is 588 g/mol. The number of rotatable bonds is 14. The van der Waals surface area contributed by atoms with E-state index in [-0.39, 0.29) is 0 Å². The van der Waals surface area contributed by atoms with Crippen LogP contribution >= 0.6 is 0 Å². The van der Waals surface area contributed by atoms with E-state index in [2.05, 4.69) is 109 Å². The molecule has 0 saturated carbocycles. The van der Waals surface area contributed by atoms with Gasteiger partial charge in [-0.05, 0) is 115 Å². The second-order valence-corrected chi connectivity index (χ2v) is 12.4. The molecule has 0 radical (unpaired) electrons. The average molecular weight is 589 g/mol. The summed E-state index contributed by atoms with van der Waals surface area (Å²) in [6, 6.07) is 22.5. The lowest BCUT2D eigenvalue weighted by molar-refractivity contribution is 0.226. The number of fused-ring (bicyclic) bond motifs is 1. The molecule has 3 N–H and O–H groups in total. The lowest BCUT2D eigenvalue weighted by Gasteiger charge is -2.26. The van der Waals surface area contributed by atoms with Gasteiger partial charge in [0.05, 0.1) is 11.4 Å². The smallest absolute Gasteiger partial charge is 0.0699 e. The molecule has 0 aromatic heterocycles. The van der Waals surface area contributed by atoms with Crippen molar-refractivity contribution in [3.8, 4) is 11.1 Å². The van der Waals surface area contributed by atoms with Crippen LogP contribution in [-0.2, 0) is 12.8 Å². The Balaban J connectivity index is 1.32. The minimum atomic E-state index is 0.974. The van der Waals surface area contributed by atoms with Crippen molar-refractivity contribution in [1.82, 2.24) is 4.90 Å². The zero-order valence-electron chi connectivity index (χ0n) is 27.3. The number of nitrogens with one attached hydrogen (secondary N) is 3. The highest BCUT2D eigenvalue weighted by Gasteiger charge is 2.13. The van der Waals surface area contributed by atoms with E-state index in [1.54, 1.807) is 0 Å². The van der Waals surface area contributed by atoms with Crippen LogP contribution in [0.4, 0.5) is 22.7 Å². The second-order valence-electron chi connectivity index (χ2n) is 12.4. The van der Waals surface area contributed by atoms with Crippen molar-refractivity contribution in [3.05, 3.63) is 82.2 Å². The van der Waals surface area contributed by atoms with Gasteiger partial charge in [0.2, 0.25) is 0 Å². The second kappa shape index (κ2) is 15.3. The molecule has 1 saturated heterocycles. The van der Waals surface area contributed by atoms with Crippen LogP contribution < -0.4 is 26.4 Å². The highest BCUT2D eigenvalue weighted by molar-refractivity contribution is 5.96. The van der Waals surface area contributed by atoms with Gasteiger partial charge in [-0.2, -0.15) is 0 Å². The van der Waals surface area contributed by atoms with Gasteiger partial charge < -0.3 is 20.9 Å². The van der Waals surface area contributed by atoms with Crippen molar-refractivity contribution >= 4 is 46.7 Å². The lowest BCUT2D eigenvalue weighted by Crippen LogP contribution is -2.30. The molecule has 0 aliphatic carbocycles. The molecular formula is C40H52N4. The van der Waals surface area contributed by atoms with Crippen LogP contribution in [0, 0.1) is 0 Å². The fraction of sp³-hybridized carbons (Fsp3) is 0.400. The molecule has 0 atom stereocenters. The van der Waals surface area contributed by atoms with E-state index in [0.717, 1.165) is 63.3 Å². The number of unbranched alkanes of at least 4 members (excludes halogenated alkanes) is 2. The van der Waals surface area contributed by atoms with Crippen molar-refractivity contribution < 1.29 is 0 Å². The first-order valence-electron chi connectivity index (χ1n) is 16.9. The molecule has 232 valence electrons. The van der Waals surface area contributed by atoms with E-state index in [1.165, 1.54) is 86.8 Å². The molecule has 4 heteroatoms. The largest absolute Gasteiger partial charge is 0.386 e. The van der Waals surface area contributed by atoms with Gasteiger partial charge in [0.25, 0.3) is 0 Å². The number of nitrogens with zero attached hydrogens (tertiary/aromatic N) is 1. The highest BCUT2D eigenvalue weighted by Crippen LogP contribution is 2.29. The van der Waals surface area contributed by atoms with Crippen molar-refractivity contribution in [2.24, 2.45) is 0 Å². The molecule has 0 amide bonds. The molecule has 44 heavy (non-hydrogen) atoms. The van der Waals surface area contributed by atoms with Gasteiger partial charge in [0.15, 0.2) is 0 Å². The summed E-state index contributed by atoms with van der Waals surface area (Å²) in [4.78, 5) is 2.64. The Morgan fingerprint density at radius 1 is 0.750 bits per heavy atom. The van der Waals surface area contributed by atoms with Crippen LogP contribution in [0.25, 0.3) is 35.1 Å². The summed E-state index contributed by atoms with van der Waals surface area (Å²) in [5, 5.41) is 14.9. The van der Waals surface area contributed by atoms with Gasteiger partial charge in [-0.1, -0.05) is 82.7 Å². The molecule has 1 fully saturated rings. The maximum atomic E-state index is 4.53. The molecule has 1 aliphatic rings. The van der Waals surface area contributed by atoms with Crippen LogP contribution in [0.2, 0.25) is 0 Å². The summed E-state index contributed by atoms with van der Waals surface area (Å²) in [5.74, 6) is 0. The normalized spacial score (nSPS) is 13.7. The minimum absolute atomic E-state index is 0.974. The van der Waals surface area contributed by atoms with Gasteiger partial charge in [0, 0.05) is 35.4 Å². The molecule has 4 aromatic carbocycles. The lowest BCUT2D eigenvalue weighted by atomic mass is 9.94. The number of likely N-dealkylation sites (tertiary alicyclic amines) is 1. The zero-order chi connectivity index (χ0) is 30.9. The van der Waals surface area contributed by atoms with Gasteiger partial charge in [-0.3, -0.25) is 0 Å². The van der Waals surface area contributed by atoms with Crippen LogP contribution in [0.5, 0.6) is 0 Å². The summed E-state index contributed by atoms with van der Waals surface area (Å²) >= 11 is 0. The maximum absolute atomic E-state index is 4.53. The molecule has 1 heterocycles. The third-order valence-electron chi connectivity index (χ3n) is 9.29. The summed E-state index contributed by atoms with van der Waals surface area (Å²) < 4.78 is 0. The SMILES string of the molecule is C=c1c(NC)c(Nc2ccc(-c3ccc(CCCN4CCCCC4)cc3CC)cc2)c(=C)c2cc(NCCCCC)ccc12. The molecule has 4 nitrogen and oxygen atoms in total. The Morgan fingerprint density at radius 3 is 2.23 bits per heavy atom. The number of aryl methyl sites for hydroxylation is 2. The Kier molecular flexibility index (Phi) is 11.0. The topological polar surface area (TPSA) is 39.3 Å². The van der Waals surface area contributed by atoms with Gasteiger partial charge in [-0.15, -0.1) is 0 Å². The fourth-order valence-corrected chi connectivity index (χ4v) is 6.70. The summed E-state index contributed by atoms with van der Waals surface area (Å²) in [6.07, 6.45) is 11.2. The van der Waals surface area contributed by atoms with E-state index >= 15 is 0 Å². The Morgan fingerprint density at radius 2 is 1.50 bits per heavy atom. The van der Waals surface area contributed by atoms with E-state index in [4.69, 9.17) is 0 Å². The molecule has 1 aliphatic heterocycles. The Hall–Kier alpha value is -3.76. The van der Waals surface area contributed by atoms with Crippen molar-refractivity contribution in [3.63, 3.8) is 0 Å². The average Bonchev–Trinajstić information content (AvgIpc) is 3.06. The van der Waals surface area contributed by atoms with Crippen LogP contribution in [0.1, 0.15) is 69.9 Å². The first-order chi connectivity index (χ1) is 21.5. The number of piperidine rings is 1. The third kappa shape index (κ3) is 7.47. The van der Waals surface area contributed by atoms with E-state index in [1.807, 2.05) is 7.05 Å². The molecule has 0 spiro atoms. The predicted octanol–water partition coefficient (Wildman–Crippen LogP) is 8.70. The Bertz CT molecular complexity index is 1630. The number of anilines is 4. The number of hydrogen-bond donors (Lipinski definition) is 3. The molecule has 4 aromatic rings. The maximum Gasteiger partial charge on any atom is 0.0699 e. The number of benzene rings is 4. The van der Waals surface area contributed by atoms with Crippen molar-refractivity contribution in [1.29, 1.82) is 0 Å². The summed E-state index contributed by atoms with van der Waals surface area (Å²) in [7, 11) is 1.96. The standard InChI is InChI=1S/C40H52N4/c1-6-8-10-23-42-35-20-22-36-29(3)39(41-5)40(30(4)38(36)28-35)43-34-18-16-33(17-19-34)37-21-15-31(27-32(37)7-2)14-13-26-44-24-11-9-12-25-44/h15-22,27-28,41-43H,3-4,6-14,23-26H2,1-2,5H3. The third-order valence-corrected chi connectivity index (χ3v) is 9.29. The van der Waals surface area contributed by atoms with Gasteiger partial charge in [0.1, 0.15) is 0 Å². The minimum Gasteiger partial charge on any atom is -0.386 e. The summed E-state index contributed by atoms with van der Waals surface area (Å²) in [6.45, 7) is 18.3. The van der Waals surface area contributed by atoms with Gasteiger partial charge >= 0.3 is 0 Å². The van der Waals surface area contributed by atoms with Crippen molar-refractivity contribution in [2.75, 3.05) is 49.2 Å². The summed E-state index contributed by atoms with van der Waals surface area (Å²) in [5.41, 5.74) is 9.60. The van der Waals surface area contributed by atoms with E-state index < -0.39 is 0 Å². The highest BCUT2D eigenvalue weighted by atomic mass is 15.1. The van der Waals surface area contributed by atoms with Crippen LogP contribution in [0.3, 0.4) is 0 Å². The predicted molar refractivity (Wildman–Crippen MR) is 195 cm³/mol. The molecule has 5 rings (SSSR count). The van der Waals surface area contributed by atoms with Crippen LogP contribution in [0.15, 0.2) is 60.7 Å². The van der Waals surface area contributed by atoms with Crippen LogP contribution in [-0.4, -0.2) is 38.1 Å². The molecule has 0 bridgehead atoms. The zero-order valence-corrected chi connectivity index (χ0v) is 27.3. The number of hydrogen-bond acceptors (Lipinski definition) is 4. The van der Waals surface area contributed by atoms with E-state index in [9.17, 15) is 0 Å². The fourth-order valence-electron chi connectivity index (χ4n) is 6.70. The molecule has 0 unspecified atom stereocenters.